The largest absolute Gasteiger partial charge is 0.0642 e. The summed E-state index contributed by atoms with van der Waals surface area (Å²) in [6, 6.07) is 21.0. The lowest BCUT2D eigenvalue weighted by Gasteiger charge is -2.27. The van der Waals surface area contributed by atoms with Crippen LogP contribution < -0.4 is 0 Å². The molecule has 0 saturated heterocycles. The van der Waals surface area contributed by atoms with Gasteiger partial charge in [0.2, 0.25) is 0 Å². The molecular formula is C26H26. The molecule has 5 rings (SSSR count). The average Bonchev–Trinajstić information content (AvgIpc) is 3.02. The van der Waals surface area contributed by atoms with Crippen molar-refractivity contribution in [2.24, 2.45) is 0 Å². The first-order chi connectivity index (χ1) is 12.4. The maximum Gasteiger partial charge on any atom is 0.0184 e. The predicted molar refractivity (Wildman–Crippen MR) is 111 cm³/mol. The van der Waals surface area contributed by atoms with E-state index in [0.29, 0.717) is 0 Å². The van der Waals surface area contributed by atoms with Gasteiger partial charge in [0.25, 0.3) is 0 Å². The standard InChI is InChI=1S/C26H26/c1-6-26(5)22-10-8-7-9-17(22)19-14-23-20(15-24(19)26)18-13-16(2)11-12-21(18)25(23,3)4/h7-15H,6H2,1-5H3. The molecular weight excluding hydrogens is 312 g/mol. The summed E-state index contributed by atoms with van der Waals surface area (Å²) in [4.78, 5) is 0. The molecule has 0 spiro atoms. The predicted octanol–water partition coefficient (Wildman–Crippen LogP) is 7.00. The molecule has 0 amide bonds. The van der Waals surface area contributed by atoms with Gasteiger partial charge in [-0.15, -0.1) is 0 Å². The number of aryl methyl sites for hydroxylation is 1. The molecule has 1 atom stereocenters. The van der Waals surface area contributed by atoms with E-state index in [9.17, 15) is 0 Å². The molecule has 130 valence electrons. The normalized spacial score (nSPS) is 21.1. The Labute approximate surface area is 156 Å². The van der Waals surface area contributed by atoms with E-state index in [1.807, 2.05) is 0 Å². The minimum Gasteiger partial charge on any atom is -0.0642 e. The molecule has 3 aromatic rings. The molecule has 2 aliphatic rings. The van der Waals surface area contributed by atoms with Gasteiger partial charge >= 0.3 is 0 Å². The van der Waals surface area contributed by atoms with Crippen LogP contribution in [0.3, 0.4) is 0 Å². The van der Waals surface area contributed by atoms with Crippen molar-refractivity contribution in [2.75, 3.05) is 0 Å². The second kappa shape index (κ2) is 4.88. The molecule has 26 heavy (non-hydrogen) atoms. The SMILES string of the molecule is CCC1(C)c2ccccc2-c2cc3c(cc21)-c1cc(C)ccc1C3(C)C. The zero-order chi connectivity index (χ0) is 18.3. The molecule has 0 radical (unpaired) electrons. The Kier molecular flexibility index (Phi) is 2.98. The summed E-state index contributed by atoms with van der Waals surface area (Å²) < 4.78 is 0. The smallest absolute Gasteiger partial charge is 0.0184 e. The summed E-state index contributed by atoms with van der Waals surface area (Å²) in [5.74, 6) is 0. The molecule has 0 nitrogen and oxygen atoms in total. The van der Waals surface area contributed by atoms with Gasteiger partial charge in [0.05, 0.1) is 0 Å². The van der Waals surface area contributed by atoms with E-state index in [1.165, 1.54) is 50.1 Å². The van der Waals surface area contributed by atoms with Crippen LogP contribution >= 0.6 is 0 Å². The number of rotatable bonds is 1. The molecule has 3 aromatic carbocycles. The highest BCUT2D eigenvalue weighted by Gasteiger charge is 2.42. The van der Waals surface area contributed by atoms with Crippen LogP contribution in [0.25, 0.3) is 22.3 Å². The van der Waals surface area contributed by atoms with Crippen molar-refractivity contribution >= 4 is 0 Å². The first-order valence-corrected chi connectivity index (χ1v) is 9.78. The average molecular weight is 338 g/mol. The maximum absolute atomic E-state index is 2.52. The van der Waals surface area contributed by atoms with Crippen LogP contribution in [0.15, 0.2) is 54.6 Å². The quantitative estimate of drug-likeness (QED) is 0.448. The summed E-state index contributed by atoms with van der Waals surface area (Å²) in [6.07, 6.45) is 1.12. The van der Waals surface area contributed by atoms with Crippen molar-refractivity contribution < 1.29 is 0 Å². The topological polar surface area (TPSA) is 0 Å². The maximum atomic E-state index is 2.52. The highest BCUT2D eigenvalue weighted by molar-refractivity contribution is 5.89. The van der Waals surface area contributed by atoms with Gasteiger partial charge in [-0.2, -0.15) is 0 Å². The third-order valence-corrected chi connectivity index (χ3v) is 7.08. The van der Waals surface area contributed by atoms with Gasteiger partial charge < -0.3 is 0 Å². The van der Waals surface area contributed by atoms with Crippen molar-refractivity contribution in [3.05, 3.63) is 82.4 Å². The van der Waals surface area contributed by atoms with E-state index in [4.69, 9.17) is 0 Å². The van der Waals surface area contributed by atoms with Crippen LogP contribution in [0.5, 0.6) is 0 Å². The van der Waals surface area contributed by atoms with E-state index in [0.717, 1.165) is 6.42 Å². The number of hydrogen-bond donors (Lipinski definition) is 0. The number of benzene rings is 3. The van der Waals surface area contributed by atoms with Crippen LogP contribution in [0, 0.1) is 6.92 Å². The minimum absolute atomic E-state index is 0.0630. The lowest BCUT2D eigenvalue weighted by molar-refractivity contribution is 0.564. The fourth-order valence-electron chi connectivity index (χ4n) is 5.32. The van der Waals surface area contributed by atoms with E-state index in [1.54, 1.807) is 0 Å². The van der Waals surface area contributed by atoms with E-state index in [-0.39, 0.29) is 10.8 Å². The van der Waals surface area contributed by atoms with Crippen LogP contribution in [-0.2, 0) is 10.8 Å². The molecule has 0 heteroatoms. The first kappa shape index (κ1) is 15.9. The second-order valence-electron chi connectivity index (χ2n) is 8.85. The molecule has 0 saturated carbocycles. The van der Waals surface area contributed by atoms with Gasteiger partial charge in [0, 0.05) is 10.8 Å². The van der Waals surface area contributed by atoms with Gasteiger partial charge in [-0.3, -0.25) is 0 Å². The van der Waals surface area contributed by atoms with Gasteiger partial charge in [0.1, 0.15) is 0 Å². The van der Waals surface area contributed by atoms with Gasteiger partial charge in [0.15, 0.2) is 0 Å². The van der Waals surface area contributed by atoms with Crippen LogP contribution in [-0.4, -0.2) is 0 Å². The second-order valence-corrected chi connectivity index (χ2v) is 8.85. The summed E-state index contributed by atoms with van der Waals surface area (Å²) in [5, 5.41) is 0. The Morgan fingerprint density at radius 3 is 2.08 bits per heavy atom. The molecule has 2 aliphatic carbocycles. The van der Waals surface area contributed by atoms with Crippen LogP contribution in [0.2, 0.25) is 0 Å². The zero-order valence-electron chi connectivity index (χ0n) is 16.4. The zero-order valence-corrected chi connectivity index (χ0v) is 16.4. The fourth-order valence-corrected chi connectivity index (χ4v) is 5.32. The first-order valence-electron chi connectivity index (χ1n) is 9.78. The minimum atomic E-state index is 0.0630. The Balaban J connectivity index is 1.87. The van der Waals surface area contributed by atoms with Crippen molar-refractivity contribution in [1.29, 1.82) is 0 Å². The monoisotopic (exact) mass is 338 g/mol. The highest BCUT2D eigenvalue weighted by Crippen LogP contribution is 2.56. The van der Waals surface area contributed by atoms with Crippen molar-refractivity contribution in [1.82, 2.24) is 0 Å². The molecule has 0 fully saturated rings. The molecule has 1 unspecified atom stereocenters. The van der Waals surface area contributed by atoms with Crippen LogP contribution in [0.4, 0.5) is 0 Å². The molecule has 0 aliphatic heterocycles. The molecule has 0 heterocycles. The molecule has 0 N–H and O–H groups in total. The van der Waals surface area contributed by atoms with Gasteiger partial charge in [-0.1, -0.05) is 75.7 Å². The fraction of sp³-hybridized carbons (Fsp3) is 0.308. The summed E-state index contributed by atoms with van der Waals surface area (Å²) in [7, 11) is 0. The Morgan fingerprint density at radius 2 is 1.31 bits per heavy atom. The Morgan fingerprint density at radius 1 is 0.654 bits per heavy atom. The number of hydrogen-bond acceptors (Lipinski definition) is 0. The number of fused-ring (bicyclic) bond motifs is 6. The van der Waals surface area contributed by atoms with Gasteiger partial charge in [-0.25, -0.2) is 0 Å². The van der Waals surface area contributed by atoms with Crippen molar-refractivity contribution in [3.63, 3.8) is 0 Å². The Hall–Kier alpha value is -2.34. The van der Waals surface area contributed by atoms with E-state index < -0.39 is 0 Å². The summed E-state index contributed by atoms with van der Waals surface area (Å²) in [5.41, 5.74) is 13.2. The molecule has 0 aromatic heterocycles. The summed E-state index contributed by atoms with van der Waals surface area (Å²) >= 11 is 0. The van der Waals surface area contributed by atoms with Crippen LogP contribution in [0.1, 0.15) is 61.9 Å². The highest BCUT2D eigenvalue weighted by atomic mass is 14.5. The lowest BCUT2D eigenvalue weighted by atomic mass is 9.76. The third-order valence-electron chi connectivity index (χ3n) is 7.08. The van der Waals surface area contributed by atoms with Crippen molar-refractivity contribution in [2.45, 2.75) is 51.9 Å². The summed E-state index contributed by atoms with van der Waals surface area (Å²) in [6.45, 7) is 11.7. The Bertz CT molecular complexity index is 1070. The van der Waals surface area contributed by atoms with E-state index in [2.05, 4.69) is 89.2 Å². The van der Waals surface area contributed by atoms with Crippen molar-refractivity contribution in [3.8, 4) is 22.3 Å². The van der Waals surface area contributed by atoms with E-state index >= 15 is 0 Å². The molecule has 0 bridgehead atoms. The van der Waals surface area contributed by atoms with Gasteiger partial charge in [-0.05, 0) is 70.0 Å². The lowest BCUT2D eigenvalue weighted by Crippen LogP contribution is -2.19. The third kappa shape index (κ3) is 1.75.